The van der Waals surface area contributed by atoms with Crippen LogP contribution in [0.25, 0.3) is 0 Å². The van der Waals surface area contributed by atoms with Crippen LogP contribution in [0, 0.1) is 5.92 Å². The van der Waals surface area contributed by atoms with E-state index in [2.05, 4.69) is 4.98 Å². The van der Waals surface area contributed by atoms with Gasteiger partial charge in [0.1, 0.15) is 0 Å². The molecule has 3 heteroatoms. The molecule has 0 saturated heterocycles. The molecule has 1 aromatic rings. The first kappa shape index (κ1) is 12.5. The summed E-state index contributed by atoms with van der Waals surface area (Å²) < 4.78 is 0. The Hall–Kier alpha value is -0.930. The minimum Gasteiger partial charge on any atom is -0.392 e. The quantitative estimate of drug-likeness (QED) is 0.820. The molecule has 94 valence electrons. The number of nitrogens with zero attached hydrogens (tertiary/aromatic N) is 1. The van der Waals surface area contributed by atoms with Crippen LogP contribution in [0.15, 0.2) is 24.5 Å². The first-order valence-electron chi connectivity index (χ1n) is 6.59. The second kappa shape index (κ2) is 6.12. The van der Waals surface area contributed by atoms with Gasteiger partial charge in [0, 0.05) is 24.9 Å². The zero-order chi connectivity index (χ0) is 12.1. The number of rotatable bonds is 5. The third-order valence-electron chi connectivity index (χ3n) is 3.88. The van der Waals surface area contributed by atoms with Crippen LogP contribution < -0.4 is 5.73 Å². The molecule has 1 aromatic heterocycles. The average molecular weight is 234 g/mol. The normalized spacial score (nSPS) is 20.4. The number of hydrogen-bond acceptors (Lipinski definition) is 3. The number of hydrogen-bond donors (Lipinski definition) is 2. The highest BCUT2D eigenvalue weighted by atomic mass is 16.3. The van der Waals surface area contributed by atoms with Gasteiger partial charge < -0.3 is 10.8 Å². The summed E-state index contributed by atoms with van der Waals surface area (Å²) in [6.07, 6.45) is 9.29. The molecule has 2 rings (SSSR count). The maximum absolute atomic E-state index is 10.3. The van der Waals surface area contributed by atoms with Crippen molar-refractivity contribution in [2.24, 2.45) is 11.7 Å². The second-order valence-electron chi connectivity index (χ2n) is 5.08. The zero-order valence-electron chi connectivity index (χ0n) is 10.3. The first-order chi connectivity index (χ1) is 8.31. The number of pyridine rings is 1. The molecule has 3 nitrogen and oxygen atoms in total. The minimum absolute atomic E-state index is 0.0318. The highest BCUT2D eigenvalue weighted by Crippen LogP contribution is 2.32. The summed E-state index contributed by atoms with van der Waals surface area (Å²) in [5.41, 5.74) is 6.85. The number of aliphatic hydroxyl groups excluding tert-OH is 1. The largest absolute Gasteiger partial charge is 0.392 e. The van der Waals surface area contributed by atoms with Crippen molar-refractivity contribution in [2.45, 2.75) is 44.1 Å². The van der Waals surface area contributed by atoms with Gasteiger partial charge in [-0.05, 0) is 24.0 Å². The molecule has 0 bridgehead atoms. The Balaban J connectivity index is 1.97. The van der Waals surface area contributed by atoms with Crippen LogP contribution in [-0.4, -0.2) is 22.7 Å². The summed E-state index contributed by atoms with van der Waals surface area (Å²) in [5.74, 6) is 0.722. The summed E-state index contributed by atoms with van der Waals surface area (Å²) in [7, 11) is 0. The smallest absolute Gasteiger partial charge is 0.0624 e. The lowest BCUT2D eigenvalue weighted by atomic mass is 9.88. The molecule has 2 atom stereocenters. The van der Waals surface area contributed by atoms with E-state index in [4.69, 9.17) is 5.73 Å². The Labute approximate surface area is 103 Å². The van der Waals surface area contributed by atoms with Crippen molar-refractivity contribution in [3.63, 3.8) is 0 Å². The van der Waals surface area contributed by atoms with E-state index in [-0.39, 0.29) is 12.0 Å². The van der Waals surface area contributed by atoms with E-state index in [0.29, 0.717) is 12.5 Å². The summed E-state index contributed by atoms with van der Waals surface area (Å²) in [6.45, 7) is 0.486. The van der Waals surface area contributed by atoms with Gasteiger partial charge in [-0.25, -0.2) is 0 Å². The fourth-order valence-electron chi connectivity index (χ4n) is 2.86. The van der Waals surface area contributed by atoms with Gasteiger partial charge in [-0.15, -0.1) is 0 Å². The molecule has 0 amide bonds. The lowest BCUT2D eigenvalue weighted by Crippen LogP contribution is -2.27. The molecule has 0 spiro atoms. The van der Waals surface area contributed by atoms with Gasteiger partial charge in [-0.3, -0.25) is 4.98 Å². The van der Waals surface area contributed by atoms with Crippen molar-refractivity contribution in [3.05, 3.63) is 30.1 Å². The molecule has 1 aliphatic rings. The van der Waals surface area contributed by atoms with E-state index in [0.717, 1.165) is 12.0 Å². The Bertz CT molecular complexity index is 322. The van der Waals surface area contributed by atoms with Gasteiger partial charge in [0.2, 0.25) is 0 Å². The molecule has 17 heavy (non-hydrogen) atoms. The molecule has 1 aliphatic carbocycles. The van der Waals surface area contributed by atoms with E-state index in [1.54, 1.807) is 6.20 Å². The molecule has 0 aliphatic heterocycles. The predicted molar refractivity (Wildman–Crippen MR) is 68.6 cm³/mol. The summed E-state index contributed by atoms with van der Waals surface area (Å²) >= 11 is 0. The van der Waals surface area contributed by atoms with Crippen LogP contribution in [0.2, 0.25) is 0 Å². The van der Waals surface area contributed by atoms with Crippen molar-refractivity contribution in [2.75, 3.05) is 6.54 Å². The molecule has 2 unspecified atom stereocenters. The molecular weight excluding hydrogens is 212 g/mol. The van der Waals surface area contributed by atoms with E-state index in [9.17, 15) is 5.11 Å². The predicted octanol–water partition coefficient (Wildman–Crippen LogP) is 2.07. The van der Waals surface area contributed by atoms with Gasteiger partial charge in [0.05, 0.1) is 6.10 Å². The Morgan fingerprint density at radius 3 is 2.76 bits per heavy atom. The SMILES string of the molecule is NCC(c1cccnc1)C(O)CC1CCCC1. The summed E-state index contributed by atoms with van der Waals surface area (Å²) in [4.78, 5) is 4.10. The van der Waals surface area contributed by atoms with Gasteiger partial charge in [0.15, 0.2) is 0 Å². The van der Waals surface area contributed by atoms with Crippen LogP contribution in [0.1, 0.15) is 43.6 Å². The monoisotopic (exact) mass is 234 g/mol. The van der Waals surface area contributed by atoms with Crippen LogP contribution in [-0.2, 0) is 0 Å². The Morgan fingerprint density at radius 2 is 2.18 bits per heavy atom. The van der Waals surface area contributed by atoms with Crippen LogP contribution >= 0.6 is 0 Å². The number of nitrogens with two attached hydrogens (primary N) is 1. The Kier molecular flexibility index (Phi) is 4.51. The summed E-state index contributed by atoms with van der Waals surface area (Å²) in [6, 6.07) is 3.91. The number of aliphatic hydroxyl groups is 1. The third kappa shape index (κ3) is 3.27. The highest BCUT2D eigenvalue weighted by Gasteiger charge is 2.25. The van der Waals surface area contributed by atoms with Crippen molar-refractivity contribution in [1.82, 2.24) is 4.98 Å². The first-order valence-corrected chi connectivity index (χ1v) is 6.59. The molecule has 1 fully saturated rings. The average Bonchev–Trinajstić information content (AvgIpc) is 2.84. The molecule has 1 saturated carbocycles. The van der Waals surface area contributed by atoms with Crippen molar-refractivity contribution in [1.29, 1.82) is 0 Å². The van der Waals surface area contributed by atoms with Gasteiger partial charge in [-0.2, -0.15) is 0 Å². The molecule has 0 aromatic carbocycles. The topological polar surface area (TPSA) is 59.1 Å². The molecule has 3 N–H and O–H groups in total. The van der Waals surface area contributed by atoms with Gasteiger partial charge in [0.25, 0.3) is 0 Å². The van der Waals surface area contributed by atoms with E-state index < -0.39 is 0 Å². The lowest BCUT2D eigenvalue weighted by molar-refractivity contribution is 0.116. The van der Waals surface area contributed by atoms with Crippen molar-refractivity contribution < 1.29 is 5.11 Å². The van der Waals surface area contributed by atoms with E-state index >= 15 is 0 Å². The zero-order valence-corrected chi connectivity index (χ0v) is 10.3. The highest BCUT2D eigenvalue weighted by molar-refractivity contribution is 5.16. The third-order valence-corrected chi connectivity index (χ3v) is 3.88. The van der Waals surface area contributed by atoms with Crippen LogP contribution in [0.4, 0.5) is 0 Å². The number of aromatic nitrogens is 1. The lowest BCUT2D eigenvalue weighted by Gasteiger charge is -2.24. The fraction of sp³-hybridized carbons (Fsp3) is 0.643. The van der Waals surface area contributed by atoms with E-state index in [1.165, 1.54) is 25.7 Å². The maximum Gasteiger partial charge on any atom is 0.0624 e. The van der Waals surface area contributed by atoms with Crippen LogP contribution in [0.5, 0.6) is 0 Å². The minimum atomic E-state index is -0.327. The van der Waals surface area contributed by atoms with Crippen molar-refractivity contribution >= 4 is 0 Å². The maximum atomic E-state index is 10.3. The van der Waals surface area contributed by atoms with Gasteiger partial charge >= 0.3 is 0 Å². The van der Waals surface area contributed by atoms with E-state index in [1.807, 2.05) is 18.3 Å². The molecular formula is C14H22N2O. The van der Waals surface area contributed by atoms with Crippen molar-refractivity contribution in [3.8, 4) is 0 Å². The molecule has 0 radical (unpaired) electrons. The van der Waals surface area contributed by atoms with Gasteiger partial charge in [-0.1, -0.05) is 31.7 Å². The second-order valence-corrected chi connectivity index (χ2v) is 5.08. The fourth-order valence-corrected chi connectivity index (χ4v) is 2.86. The molecule has 1 heterocycles. The van der Waals surface area contributed by atoms with Crippen LogP contribution in [0.3, 0.4) is 0 Å². The summed E-state index contributed by atoms with van der Waals surface area (Å²) in [5, 5.41) is 10.3. The standard InChI is InChI=1S/C14H22N2O/c15-9-13(12-6-3-7-16-10-12)14(17)8-11-4-1-2-5-11/h3,6-7,10-11,13-14,17H,1-2,4-5,8-9,15H2. The Morgan fingerprint density at radius 1 is 1.41 bits per heavy atom.